The van der Waals surface area contributed by atoms with E-state index in [0.717, 1.165) is 5.56 Å². The van der Waals surface area contributed by atoms with Gasteiger partial charge in [0.2, 0.25) is 5.91 Å². The minimum absolute atomic E-state index is 0.108. The molecule has 7 heteroatoms. The molecular formula is C24H18N4O3. The van der Waals surface area contributed by atoms with Crippen LogP contribution in [0.4, 0.5) is 11.4 Å². The van der Waals surface area contributed by atoms with Crippen LogP contribution in [0.5, 0.6) is 0 Å². The summed E-state index contributed by atoms with van der Waals surface area (Å²) < 4.78 is 5.42. The third-order valence-electron chi connectivity index (χ3n) is 6.55. The number of carbonyl (C=O) groups excluding carboxylic acids is 2. The minimum atomic E-state index is -1.86. The van der Waals surface area contributed by atoms with Gasteiger partial charge in [0.1, 0.15) is 11.5 Å². The highest BCUT2D eigenvalue weighted by Gasteiger charge is 2.78. The van der Waals surface area contributed by atoms with Gasteiger partial charge in [-0.25, -0.2) is 4.79 Å². The van der Waals surface area contributed by atoms with Gasteiger partial charge in [-0.05, 0) is 30.2 Å². The number of ether oxygens (including phenoxy) is 1. The third kappa shape index (κ3) is 2.05. The van der Waals surface area contributed by atoms with E-state index in [1.165, 1.54) is 0 Å². The number of benzene rings is 2. The molecule has 1 spiro atoms. The molecule has 3 aliphatic rings. The second-order valence-electron chi connectivity index (χ2n) is 7.76. The number of hydrogen-bond donors (Lipinski definition) is 1. The van der Waals surface area contributed by atoms with E-state index in [1.807, 2.05) is 30.3 Å². The maximum absolute atomic E-state index is 13.7. The van der Waals surface area contributed by atoms with E-state index in [1.54, 1.807) is 42.2 Å². The lowest BCUT2D eigenvalue weighted by Gasteiger charge is -2.35. The number of nitrogens with zero attached hydrogens (tertiary/aromatic N) is 3. The summed E-state index contributed by atoms with van der Waals surface area (Å²) in [5, 5.41) is 23.7. The fraction of sp³-hybridized carbons (Fsp3) is 0.250. The van der Waals surface area contributed by atoms with Crippen LogP contribution in [0.15, 0.2) is 54.6 Å². The van der Waals surface area contributed by atoms with Crippen LogP contribution in [0.1, 0.15) is 18.1 Å². The second kappa shape index (κ2) is 6.45. The zero-order chi connectivity index (χ0) is 21.8. The van der Waals surface area contributed by atoms with Crippen LogP contribution in [0, 0.1) is 28.1 Å². The molecule has 31 heavy (non-hydrogen) atoms. The van der Waals surface area contributed by atoms with Crippen LogP contribution >= 0.6 is 0 Å². The second-order valence-corrected chi connectivity index (χ2v) is 7.76. The molecule has 3 atom stereocenters. The maximum Gasteiger partial charge on any atom is 0.330 e. The molecule has 0 saturated carbocycles. The SMILES string of the molecule is CCOC(=O)C1N2c3ccccc3C=CC2C(C#N)(C#N)C12C(=O)Nc1ccccc12. The Morgan fingerprint density at radius 1 is 1.16 bits per heavy atom. The van der Waals surface area contributed by atoms with Crippen molar-refractivity contribution in [3.63, 3.8) is 0 Å². The highest BCUT2D eigenvalue weighted by Crippen LogP contribution is 2.62. The average Bonchev–Trinajstić information content (AvgIpc) is 3.24. The summed E-state index contributed by atoms with van der Waals surface area (Å²) in [7, 11) is 0. The zero-order valence-electron chi connectivity index (χ0n) is 16.7. The van der Waals surface area contributed by atoms with Crippen LogP contribution in [0.3, 0.4) is 0 Å². The smallest absolute Gasteiger partial charge is 0.330 e. The summed E-state index contributed by atoms with van der Waals surface area (Å²) in [4.78, 5) is 28.9. The topological polar surface area (TPSA) is 106 Å². The lowest BCUT2D eigenvalue weighted by Crippen LogP contribution is -2.57. The van der Waals surface area contributed by atoms with E-state index in [2.05, 4.69) is 17.5 Å². The lowest BCUT2D eigenvalue weighted by molar-refractivity contribution is -0.148. The fourth-order valence-corrected chi connectivity index (χ4v) is 5.40. The van der Waals surface area contributed by atoms with Gasteiger partial charge in [0.25, 0.3) is 0 Å². The first-order valence-electron chi connectivity index (χ1n) is 10.0. The number of fused-ring (bicyclic) bond motifs is 5. The van der Waals surface area contributed by atoms with E-state index in [0.29, 0.717) is 16.9 Å². The van der Waals surface area contributed by atoms with E-state index >= 15 is 0 Å². The first-order valence-corrected chi connectivity index (χ1v) is 10.0. The van der Waals surface area contributed by atoms with Gasteiger partial charge in [0.05, 0.1) is 24.8 Å². The number of carbonyl (C=O) groups is 2. The molecule has 3 heterocycles. The molecule has 0 aromatic heterocycles. The van der Waals surface area contributed by atoms with Gasteiger partial charge < -0.3 is 15.0 Å². The molecule has 0 aliphatic carbocycles. The minimum Gasteiger partial charge on any atom is -0.464 e. The summed E-state index contributed by atoms with van der Waals surface area (Å²) in [5.41, 5.74) is -1.15. The van der Waals surface area contributed by atoms with Crippen molar-refractivity contribution < 1.29 is 14.3 Å². The van der Waals surface area contributed by atoms with Crippen molar-refractivity contribution in [1.29, 1.82) is 10.5 Å². The number of nitrogens with one attached hydrogen (secondary N) is 1. The zero-order valence-corrected chi connectivity index (χ0v) is 16.7. The van der Waals surface area contributed by atoms with Gasteiger partial charge in [-0.1, -0.05) is 48.6 Å². The van der Waals surface area contributed by atoms with Gasteiger partial charge in [-0.2, -0.15) is 10.5 Å². The number of para-hydroxylation sites is 2. The number of amides is 1. The van der Waals surface area contributed by atoms with Crippen LogP contribution in [0.25, 0.3) is 6.08 Å². The molecule has 1 saturated heterocycles. The molecular weight excluding hydrogens is 392 g/mol. The summed E-state index contributed by atoms with van der Waals surface area (Å²) in [5.74, 6) is -1.19. The van der Waals surface area contributed by atoms with Crippen LogP contribution in [0.2, 0.25) is 0 Å². The summed E-state index contributed by atoms with van der Waals surface area (Å²) in [6.07, 6.45) is 3.57. The van der Waals surface area contributed by atoms with Crippen molar-refractivity contribution in [1.82, 2.24) is 0 Å². The molecule has 5 rings (SSSR count). The quantitative estimate of drug-likeness (QED) is 0.763. The van der Waals surface area contributed by atoms with Crippen LogP contribution in [-0.4, -0.2) is 30.6 Å². The largest absolute Gasteiger partial charge is 0.464 e. The van der Waals surface area contributed by atoms with Crippen LogP contribution < -0.4 is 10.2 Å². The summed E-state index contributed by atoms with van der Waals surface area (Å²) in [6.45, 7) is 1.79. The van der Waals surface area contributed by atoms with Crippen molar-refractivity contribution in [2.45, 2.75) is 24.4 Å². The number of rotatable bonds is 2. The highest BCUT2D eigenvalue weighted by atomic mass is 16.5. The molecule has 0 radical (unpaired) electrons. The van der Waals surface area contributed by atoms with Crippen molar-refractivity contribution in [3.8, 4) is 12.1 Å². The molecule has 2 aromatic carbocycles. The Kier molecular flexibility index (Phi) is 3.93. The van der Waals surface area contributed by atoms with Gasteiger partial charge in [-0.3, -0.25) is 4.79 Å². The van der Waals surface area contributed by atoms with Crippen molar-refractivity contribution >= 4 is 29.3 Å². The first-order chi connectivity index (χ1) is 15.1. The molecule has 7 nitrogen and oxygen atoms in total. The Balaban J connectivity index is 1.90. The van der Waals surface area contributed by atoms with Gasteiger partial charge >= 0.3 is 5.97 Å². The molecule has 1 amide bonds. The fourth-order valence-electron chi connectivity index (χ4n) is 5.40. The molecule has 1 N–H and O–H groups in total. The number of anilines is 2. The first kappa shape index (κ1) is 18.9. The standard InChI is InChI=1S/C24H18N4O3/c1-2-31-21(29)20-24(16-8-4-5-9-17(16)27-22(24)30)23(13-25,14-26)19-12-11-15-7-3-6-10-18(15)28(19)20/h3-12,19-20H,2H2,1H3,(H,27,30). The number of nitriles is 2. The molecule has 152 valence electrons. The van der Waals surface area contributed by atoms with E-state index in [-0.39, 0.29) is 6.61 Å². The summed E-state index contributed by atoms with van der Waals surface area (Å²) in [6, 6.07) is 16.7. The predicted octanol–water partition coefficient (Wildman–Crippen LogP) is 2.76. The molecule has 3 unspecified atom stereocenters. The Bertz CT molecular complexity index is 1220. The molecule has 1 fully saturated rings. The lowest BCUT2D eigenvalue weighted by atomic mass is 9.58. The Morgan fingerprint density at radius 2 is 1.87 bits per heavy atom. The molecule has 0 bridgehead atoms. The van der Waals surface area contributed by atoms with Crippen molar-refractivity contribution in [2.75, 3.05) is 16.8 Å². The molecule has 2 aromatic rings. The van der Waals surface area contributed by atoms with Gasteiger partial charge in [0.15, 0.2) is 5.41 Å². The van der Waals surface area contributed by atoms with Crippen LogP contribution in [-0.2, 0) is 19.7 Å². The Hall–Kier alpha value is -4.10. The summed E-state index contributed by atoms with van der Waals surface area (Å²) >= 11 is 0. The monoisotopic (exact) mass is 410 g/mol. The molecule has 3 aliphatic heterocycles. The predicted molar refractivity (Wildman–Crippen MR) is 113 cm³/mol. The number of esters is 1. The van der Waals surface area contributed by atoms with E-state index < -0.39 is 34.8 Å². The maximum atomic E-state index is 13.7. The van der Waals surface area contributed by atoms with Crippen molar-refractivity contribution in [2.24, 2.45) is 5.41 Å². The highest BCUT2D eigenvalue weighted by molar-refractivity contribution is 6.13. The Morgan fingerprint density at radius 3 is 2.61 bits per heavy atom. The normalized spacial score (nSPS) is 26.3. The third-order valence-corrected chi connectivity index (χ3v) is 6.55. The van der Waals surface area contributed by atoms with E-state index in [9.17, 15) is 20.1 Å². The van der Waals surface area contributed by atoms with Gasteiger partial charge in [-0.15, -0.1) is 0 Å². The van der Waals surface area contributed by atoms with E-state index in [4.69, 9.17) is 4.74 Å². The number of hydrogen-bond acceptors (Lipinski definition) is 6. The Labute approximate surface area is 179 Å². The average molecular weight is 410 g/mol. The van der Waals surface area contributed by atoms with Gasteiger partial charge in [0, 0.05) is 11.4 Å². The van der Waals surface area contributed by atoms with Crippen molar-refractivity contribution in [3.05, 3.63) is 65.7 Å².